The zero-order chi connectivity index (χ0) is 13.3. The molecule has 1 aliphatic heterocycles. The van der Waals surface area contributed by atoms with E-state index in [2.05, 4.69) is 6.07 Å². The van der Waals surface area contributed by atoms with Crippen molar-refractivity contribution in [3.05, 3.63) is 41.0 Å². The molecule has 1 unspecified atom stereocenters. The molecule has 0 saturated carbocycles. The second-order valence-electron chi connectivity index (χ2n) is 4.80. The zero-order valence-corrected chi connectivity index (χ0v) is 10.7. The van der Waals surface area contributed by atoms with Gasteiger partial charge in [0, 0.05) is 11.1 Å². The summed E-state index contributed by atoms with van der Waals surface area (Å²) in [6, 6.07) is 9.34. The van der Waals surface area contributed by atoms with Crippen LogP contribution in [0, 0.1) is 17.2 Å². The maximum atomic E-state index is 11.7. The predicted octanol–water partition coefficient (Wildman–Crippen LogP) is 2.91. The number of nitrogens with zero attached hydrogens (tertiary/aromatic N) is 1. The van der Waals surface area contributed by atoms with Crippen LogP contribution in [-0.2, 0) is 9.53 Å². The van der Waals surface area contributed by atoms with Crippen LogP contribution in [0.3, 0.4) is 0 Å². The Morgan fingerprint density at radius 2 is 1.89 bits per heavy atom. The van der Waals surface area contributed by atoms with Gasteiger partial charge in [-0.2, -0.15) is 5.26 Å². The molecule has 0 spiro atoms. The molecule has 0 saturated heterocycles. The lowest BCUT2D eigenvalue weighted by Crippen LogP contribution is -2.18. The lowest BCUT2D eigenvalue weighted by molar-refractivity contribution is -0.140. The van der Waals surface area contributed by atoms with E-state index in [4.69, 9.17) is 10.00 Å². The monoisotopic (exact) mass is 241 g/mol. The molecular weight excluding hydrogens is 226 g/mol. The standard InChI is InChI=1S/C15H15NO2/c1-9(2)14-13(10(3)15(17)18-14)12-6-4-11(8-16)5-7-12/h4-7,9,14H,1-3H3. The van der Waals surface area contributed by atoms with Gasteiger partial charge in [-0.15, -0.1) is 0 Å². The predicted molar refractivity (Wildman–Crippen MR) is 68.5 cm³/mol. The second-order valence-corrected chi connectivity index (χ2v) is 4.80. The van der Waals surface area contributed by atoms with Gasteiger partial charge in [0.1, 0.15) is 6.10 Å². The van der Waals surface area contributed by atoms with Crippen molar-refractivity contribution in [3.8, 4) is 6.07 Å². The number of hydrogen-bond acceptors (Lipinski definition) is 3. The largest absolute Gasteiger partial charge is 0.454 e. The summed E-state index contributed by atoms with van der Waals surface area (Å²) >= 11 is 0. The first-order valence-electron chi connectivity index (χ1n) is 5.97. The van der Waals surface area contributed by atoms with Crippen LogP contribution in [-0.4, -0.2) is 12.1 Å². The number of hydrogen-bond donors (Lipinski definition) is 0. The molecule has 18 heavy (non-hydrogen) atoms. The van der Waals surface area contributed by atoms with Crippen molar-refractivity contribution in [1.29, 1.82) is 5.26 Å². The molecular formula is C15H15NO2. The normalized spacial score (nSPS) is 19.1. The molecule has 3 nitrogen and oxygen atoms in total. The number of ether oxygens (including phenoxy) is 1. The molecule has 0 amide bonds. The molecule has 1 atom stereocenters. The third-order valence-electron chi connectivity index (χ3n) is 3.16. The molecule has 0 aromatic heterocycles. The Bertz CT molecular complexity index is 547. The van der Waals surface area contributed by atoms with Gasteiger partial charge < -0.3 is 4.74 Å². The Morgan fingerprint density at radius 1 is 1.28 bits per heavy atom. The molecule has 0 radical (unpaired) electrons. The molecule has 3 heteroatoms. The summed E-state index contributed by atoms with van der Waals surface area (Å²) in [7, 11) is 0. The summed E-state index contributed by atoms with van der Waals surface area (Å²) in [5.74, 6) is -0.00916. The summed E-state index contributed by atoms with van der Waals surface area (Å²) < 4.78 is 5.38. The van der Waals surface area contributed by atoms with Crippen LogP contribution in [0.2, 0.25) is 0 Å². The summed E-state index contributed by atoms with van der Waals surface area (Å²) in [5.41, 5.74) is 3.18. The van der Waals surface area contributed by atoms with Gasteiger partial charge in [0.15, 0.2) is 0 Å². The Labute approximate surface area is 107 Å². The highest BCUT2D eigenvalue weighted by molar-refractivity contribution is 6.02. The quantitative estimate of drug-likeness (QED) is 0.748. The van der Waals surface area contributed by atoms with Gasteiger partial charge in [0.2, 0.25) is 0 Å². The fourth-order valence-corrected chi connectivity index (χ4v) is 2.16. The van der Waals surface area contributed by atoms with Gasteiger partial charge >= 0.3 is 5.97 Å². The van der Waals surface area contributed by atoms with Crippen molar-refractivity contribution in [2.45, 2.75) is 26.9 Å². The van der Waals surface area contributed by atoms with Gasteiger partial charge in [-0.25, -0.2) is 4.79 Å². The van der Waals surface area contributed by atoms with Gasteiger partial charge in [0.05, 0.1) is 11.6 Å². The highest BCUT2D eigenvalue weighted by Crippen LogP contribution is 2.35. The summed E-state index contributed by atoms with van der Waals surface area (Å²) in [5, 5.41) is 8.79. The fourth-order valence-electron chi connectivity index (χ4n) is 2.16. The Hall–Kier alpha value is -2.08. The number of esters is 1. The lowest BCUT2D eigenvalue weighted by atomic mass is 9.91. The highest BCUT2D eigenvalue weighted by Gasteiger charge is 2.34. The zero-order valence-electron chi connectivity index (χ0n) is 10.7. The van der Waals surface area contributed by atoms with E-state index in [-0.39, 0.29) is 18.0 Å². The number of nitriles is 1. The van der Waals surface area contributed by atoms with Gasteiger partial charge in [-0.1, -0.05) is 26.0 Å². The van der Waals surface area contributed by atoms with Crippen molar-refractivity contribution in [3.63, 3.8) is 0 Å². The van der Waals surface area contributed by atoms with E-state index in [1.807, 2.05) is 26.0 Å². The van der Waals surface area contributed by atoms with E-state index in [1.54, 1.807) is 19.1 Å². The van der Waals surface area contributed by atoms with Crippen LogP contribution in [0.1, 0.15) is 31.9 Å². The summed E-state index contributed by atoms with van der Waals surface area (Å²) in [4.78, 5) is 11.7. The second kappa shape index (κ2) is 4.66. The smallest absolute Gasteiger partial charge is 0.334 e. The summed E-state index contributed by atoms with van der Waals surface area (Å²) in [6.07, 6.45) is -0.189. The number of benzene rings is 1. The van der Waals surface area contributed by atoms with Crippen molar-refractivity contribution < 1.29 is 9.53 Å². The molecule has 0 N–H and O–H groups in total. The van der Waals surface area contributed by atoms with E-state index in [0.717, 1.165) is 11.1 Å². The molecule has 1 aromatic carbocycles. The molecule has 92 valence electrons. The first kappa shape index (κ1) is 12.4. The number of carbonyl (C=O) groups is 1. The first-order chi connectivity index (χ1) is 8.54. The molecule has 0 aliphatic carbocycles. The van der Waals surface area contributed by atoms with Crippen molar-refractivity contribution in [1.82, 2.24) is 0 Å². The van der Waals surface area contributed by atoms with E-state index < -0.39 is 0 Å². The average molecular weight is 241 g/mol. The van der Waals surface area contributed by atoms with Crippen molar-refractivity contribution in [2.24, 2.45) is 5.92 Å². The van der Waals surface area contributed by atoms with Crippen LogP contribution < -0.4 is 0 Å². The van der Waals surface area contributed by atoms with Crippen LogP contribution in [0.4, 0.5) is 0 Å². The van der Waals surface area contributed by atoms with E-state index in [0.29, 0.717) is 11.1 Å². The average Bonchev–Trinajstić information content (AvgIpc) is 2.66. The number of cyclic esters (lactones) is 1. The van der Waals surface area contributed by atoms with Gasteiger partial charge in [0.25, 0.3) is 0 Å². The van der Waals surface area contributed by atoms with Gasteiger partial charge in [-0.3, -0.25) is 0 Å². The minimum Gasteiger partial charge on any atom is -0.454 e. The number of carbonyl (C=O) groups excluding carboxylic acids is 1. The van der Waals surface area contributed by atoms with Crippen LogP contribution >= 0.6 is 0 Å². The maximum Gasteiger partial charge on any atom is 0.334 e. The topological polar surface area (TPSA) is 50.1 Å². The van der Waals surface area contributed by atoms with Crippen molar-refractivity contribution in [2.75, 3.05) is 0 Å². The molecule has 2 rings (SSSR count). The van der Waals surface area contributed by atoms with E-state index in [9.17, 15) is 4.79 Å². The Kier molecular flexibility index (Phi) is 3.20. The molecule has 1 aromatic rings. The fraction of sp³-hybridized carbons (Fsp3) is 0.333. The molecule has 1 heterocycles. The molecule has 1 aliphatic rings. The maximum absolute atomic E-state index is 11.7. The third-order valence-corrected chi connectivity index (χ3v) is 3.16. The Morgan fingerprint density at radius 3 is 2.39 bits per heavy atom. The third kappa shape index (κ3) is 2.02. The lowest BCUT2D eigenvalue weighted by Gasteiger charge is -2.18. The first-order valence-corrected chi connectivity index (χ1v) is 5.97. The van der Waals surface area contributed by atoms with Crippen molar-refractivity contribution >= 4 is 11.5 Å². The Balaban J connectivity index is 2.46. The minimum absolute atomic E-state index is 0.189. The molecule has 0 fully saturated rings. The SMILES string of the molecule is CC1=C(c2ccc(C#N)cc2)C(C(C)C)OC1=O. The minimum atomic E-state index is -0.243. The highest BCUT2D eigenvalue weighted by atomic mass is 16.5. The number of rotatable bonds is 2. The van der Waals surface area contributed by atoms with E-state index >= 15 is 0 Å². The van der Waals surface area contributed by atoms with Crippen LogP contribution in [0.5, 0.6) is 0 Å². The van der Waals surface area contributed by atoms with E-state index in [1.165, 1.54) is 0 Å². The molecule has 0 bridgehead atoms. The van der Waals surface area contributed by atoms with Crippen LogP contribution in [0.25, 0.3) is 5.57 Å². The summed E-state index contributed by atoms with van der Waals surface area (Å²) in [6.45, 7) is 5.85. The van der Waals surface area contributed by atoms with Gasteiger partial charge in [-0.05, 0) is 30.5 Å². The van der Waals surface area contributed by atoms with Crippen LogP contribution in [0.15, 0.2) is 29.8 Å².